The van der Waals surface area contributed by atoms with Crippen molar-refractivity contribution in [1.82, 2.24) is 4.90 Å². The summed E-state index contributed by atoms with van der Waals surface area (Å²) in [6, 6.07) is 10.5. The second kappa shape index (κ2) is 3.30. The molecule has 1 heterocycles. The Balaban J connectivity index is 2.23. The molecule has 0 aromatic heterocycles. The Kier molecular flexibility index (Phi) is 2.15. The first-order chi connectivity index (χ1) is 6.27. The molecule has 68 valence electrons. The third-order valence-corrected chi connectivity index (χ3v) is 2.56. The highest BCUT2D eigenvalue weighted by Crippen LogP contribution is 2.27. The molecular formula is C11H13NO. The molecule has 0 aliphatic carbocycles. The number of likely N-dealkylation sites (N-methyl/N-ethyl adjacent to an activating group) is 1. The summed E-state index contributed by atoms with van der Waals surface area (Å²) in [7, 11) is 2.00. The summed E-state index contributed by atoms with van der Waals surface area (Å²) in [6.07, 6.45) is 0.667. The maximum Gasteiger partial charge on any atom is 0.148 e. The van der Waals surface area contributed by atoms with Crippen LogP contribution in [0.15, 0.2) is 30.3 Å². The van der Waals surface area contributed by atoms with Gasteiger partial charge in [-0.05, 0) is 12.6 Å². The van der Waals surface area contributed by atoms with E-state index < -0.39 is 0 Å². The van der Waals surface area contributed by atoms with E-state index in [-0.39, 0.29) is 0 Å². The van der Waals surface area contributed by atoms with Crippen molar-refractivity contribution in [3.8, 4) is 0 Å². The first-order valence-corrected chi connectivity index (χ1v) is 4.54. The molecule has 0 saturated carbocycles. The van der Waals surface area contributed by atoms with Crippen LogP contribution in [-0.4, -0.2) is 24.3 Å². The molecule has 0 bridgehead atoms. The zero-order valence-electron chi connectivity index (χ0n) is 7.73. The van der Waals surface area contributed by atoms with E-state index in [1.165, 1.54) is 5.56 Å². The maximum absolute atomic E-state index is 11.2. The summed E-state index contributed by atoms with van der Waals surface area (Å²) >= 11 is 0. The van der Waals surface area contributed by atoms with Gasteiger partial charge in [-0.15, -0.1) is 0 Å². The van der Waals surface area contributed by atoms with Crippen molar-refractivity contribution in [2.24, 2.45) is 0 Å². The Labute approximate surface area is 78.2 Å². The molecule has 0 spiro atoms. The van der Waals surface area contributed by atoms with E-state index in [0.29, 0.717) is 24.8 Å². The molecule has 1 aromatic rings. The first-order valence-electron chi connectivity index (χ1n) is 4.54. The van der Waals surface area contributed by atoms with Crippen molar-refractivity contribution in [3.63, 3.8) is 0 Å². The summed E-state index contributed by atoms with van der Waals surface area (Å²) in [5.41, 5.74) is 1.25. The van der Waals surface area contributed by atoms with Gasteiger partial charge in [0.1, 0.15) is 5.78 Å². The molecule has 0 N–H and O–H groups in total. The summed E-state index contributed by atoms with van der Waals surface area (Å²) in [5.74, 6) is 0.344. The number of nitrogens with zero attached hydrogens (tertiary/aromatic N) is 1. The Hall–Kier alpha value is -1.15. The molecular weight excluding hydrogens is 162 g/mol. The number of carbonyl (C=O) groups excluding carboxylic acids is 1. The molecule has 2 heteroatoms. The zero-order valence-corrected chi connectivity index (χ0v) is 7.73. The standard InChI is InChI=1S/C11H13NO/c1-12-8-10(13)7-11(12)9-5-3-2-4-6-9/h2-6,11H,7-8H2,1H3. The number of ketones is 1. The van der Waals surface area contributed by atoms with Crippen LogP contribution in [0, 0.1) is 0 Å². The highest BCUT2D eigenvalue weighted by molar-refractivity contribution is 5.83. The van der Waals surface area contributed by atoms with Crippen molar-refractivity contribution in [1.29, 1.82) is 0 Å². The maximum atomic E-state index is 11.2. The fraction of sp³-hybridized carbons (Fsp3) is 0.364. The number of hydrogen-bond donors (Lipinski definition) is 0. The topological polar surface area (TPSA) is 20.3 Å². The summed E-state index contributed by atoms with van der Waals surface area (Å²) in [4.78, 5) is 13.3. The Morgan fingerprint density at radius 2 is 2.00 bits per heavy atom. The average Bonchev–Trinajstić information content (AvgIpc) is 2.47. The Bertz CT molecular complexity index is 307. The van der Waals surface area contributed by atoms with E-state index in [4.69, 9.17) is 0 Å². The molecule has 0 amide bonds. The number of carbonyl (C=O) groups is 1. The fourth-order valence-corrected chi connectivity index (χ4v) is 1.87. The van der Waals surface area contributed by atoms with Crippen LogP contribution in [0.5, 0.6) is 0 Å². The third kappa shape index (κ3) is 1.63. The number of hydrogen-bond acceptors (Lipinski definition) is 2. The van der Waals surface area contributed by atoms with Crippen LogP contribution >= 0.6 is 0 Å². The Morgan fingerprint density at radius 1 is 1.31 bits per heavy atom. The second-order valence-electron chi connectivity index (χ2n) is 3.58. The van der Waals surface area contributed by atoms with Gasteiger partial charge in [-0.1, -0.05) is 30.3 Å². The van der Waals surface area contributed by atoms with E-state index in [0.717, 1.165) is 0 Å². The van der Waals surface area contributed by atoms with Crippen LogP contribution in [0.25, 0.3) is 0 Å². The first kappa shape index (κ1) is 8.45. The van der Waals surface area contributed by atoms with Gasteiger partial charge < -0.3 is 0 Å². The van der Waals surface area contributed by atoms with Gasteiger partial charge in [0.25, 0.3) is 0 Å². The van der Waals surface area contributed by atoms with Crippen molar-refractivity contribution < 1.29 is 4.79 Å². The molecule has 1 aliphatic heterocycles. The van der Waals surface area contributed by atoms with Gasteiger partial charge in [-0.3, -0.25) is 9.69 Å². The van der Waals surface area contributed by atoms with Crippen molar-refractivity contribution in [2.75, 3.05) is 13.6 Å². The molecule has 0 radical (unpaired) electrons. The molecule has 1 aromatic carbocycles. The van der Waals surface area contributed by atoms with Crippen molar-refractivity contribution in [2.45, 2.75) is 12.5 Å². The lowest BCUT2D eigenvalue weighted by Gasteiger charge is -2.18. The normalized spacial score (nSPS) is 23.8. The number of Topliss-reactive ketones (excluding diaryl/α,β-unsaturated/α-hetero) is 1. The molecule has 13 heavy (non-hydrogen) atoms. The van der Waals surface area contributed by atoms with Gasteiger partial charge in [0.05, 0.1) is 6.54 Å². The van der Waals surface area contributed by atoms with Crippen molar-refractivity contribution in [3.05, 3.63) is 35.9 Å². The van der Waals surface area contributed by atoms with Crippen LogP contribution in [0.3, 0.4) is 0 Å². The summed E-state index contributed by atoms with van der Waals surface area (Å²) in [6.45, 7) is 0.597. The molecule has 1 unspecified atom stereocenters. The van der Waals surface area contributed by atoms with Crippen LogP contribution < -0.4 is 0 Å². The second-order valence-corrected chi connectivity index (χ2v) is 3.58. The predicted molar refractivity (Wildman–Crippen MR) is 51.4 cm³/mol. The van der Waals surface area contributed by atoms with Gasteiger partial charge in [-0.2, -0.15) is 0 Å². The highest BCUT2D eigenvalue weighted by atomic mass is 16.1. The minimum Gasteiger partial charge on any atom is -0.298 e. The lowest BCUT2D eigenvalue weighted by molar-refractivity contribution is -0.116. The van der Waals surface area contributed by atoms with Gasteiger partial charge >= 0.3 is 0 Å². The van der Waals surface area contributed by atoms with Gasteiger partial charge in [0, 0.05) is 12.5 Å². The molecule has 2 nitrogen and oxygen atoms in total. The lowest BCUT2D eigenvalue weighted by Crippen LogP contribution is -2.18. The molecule has 1 aliphatic rings. The monoisotopic (exact) mass is 175 g/mol. The van der Waals surface area contributed by atoms with Gasteiger partial charge in [0.15, 0.2) is 0 Å². The lowest BCUT2D eigenvalue weighted by atomic mass is 10.1. The van der Waals surface area contributed by atoms with E-state index in [1.54, 1.807) is 0 Å². The van der Waals surface area contributed by atoms with Crippen molar-refractivity contribution >= 4 is 5.78 Å². The van der Waals surface area contributed by atoms with Crippen LogP contribution in [-0.2, 0) is 4.79 Å². The quantitative estimate of drug-likeness (QED) is 0.646. The average molecular weight is 175 g/mol. The Morgan fingerprint density at radius 3 is 2.54 bits per heavy atom. The van der Waals surface area contributed by atoms with Crippen LogP contribution in [0.1, 0.15) is 18.0 Å². The molecule has 1 fully saturated rings. The molecule has 1 saturated heterocycles. The summed E-state index contributed by atoms with van der Waals surface area (Å²) in [5, 5.41) is 0. The minimum absolute atomic E-state index is 0.300. The van der Waals surface area contributed by atoms with Crippen LogP contribution in [0.2, 0.25) is 0 Å². The predicted octanol–water partition coefficient (Wildman–Crippen LogP) is 1.63. The van der Waals surface area contributed by atoms with E-state index in [2.05, 4.69) is 17.0 Å². The minimum atomic E-state index is 0.300. The van der Waals surface area contributed by atoms with E-state index in [9.17, 15) is 4.79 Å². The smallest absolute Gasteiger partial charge is 0.148 e. The number of likely N-dealkylation sites (tertiary alicyclic amines) is 1. The SMILES string of the molecule is CN1CC(=O)CC1c1ccccc1. The summed E-state index contributed by atoms with van der Waals surface area (Å²) < 4.78 is 0. The highest BCUT2D eigenvalue weighted by Gasteiger charge is 2.28. The largest absolute Gasteiger partial charge is 0.298 e. The number of rotatable bonds is 1. The van der Waals surface area contributed by atoms with E-state index >= 15 is 0 Å². The van der Waals surface area contributed by atoms with Gasteiger partial charge in [0.2, 0.25) is 0 Å². The zero-order chi connectivity index (χ0) is 9.26. The molecule has 1 atom stereocenters. The van der Waals surface area contributed by atoms with E-state index in [1.807, 2.05) is 25.2 Å². The van der Waals surface area contributed by atoms with Crippen LogP contribution in [0.4, 0.5) is 0 Å². The molecule has 2 rings (SSSR count). The van der Waals surface area contributed by atoms with Gasteiger partial charge in [-0.25, -0.2) is 0 Å². The fourth-order valence-electron chi connectivity index (χ4n) is 1.87. The third-order valence-electron chi connectivity index (χ3n) is 2.56. The number of benzene rings is 1.